The van der Waals surface area contributed by atoms with Crippen LogP contribution in [0.25, 0.3) is 0 Å². The standard InChI is InChI=1S/C21H32N2O5S/c1-3-4-12-27-13-11-23-9-7-21(8-10-23)15-19(22-24)18-14-17(16-29(2,25)26)5-6-20(18)28-21/h5-6,14,24H,3-4,7-13,15-16H2,1-2H3/b22-19-. The summed E-state index contributed by atoms with van der Waals surface area (Å²) in [4.78, 5) is 2.39. The van der Waals surface area contributed by atoms with Gasteiger partial charge in [-0.15, -0.1) is 0 Å². The van der Waals surface area contributed by atoms with Crippen molar-refractivity contribution < 1.29 is 23.1 Å². The van der Waals surface area contributed by atoms with Gasteiger partial charge in [-0.2, -0.15) is 0 Å². The van der Waals surface area contributed by atoms with Crippen molar-refractivity contribution in [2.24, 2.45) is 5.16 Å². The smallest absolute Gasteiger partial charge is 0.151 e. The number of nitrogens with zero attached hydrogens (tertiary/aromatic N) is 2. The summed E-state index contributed by atoms with van der Waals surface area (Å²) in [6.45, 7) is 6.49. The van der Waals surface area contributed by atoms with Crippen molar-refractivity contribution in [3.05, 3.63) is 29.3 Å². The first-order valence-corrected chi connectivity index (χ1v) is 12.4. The highest BCUT2D eigenvalue weighted by molar-refractivity contribution is 7.89. The quantitative estimate of drug-likeness (QED) is 0.392. The van der Waals surface area contributed by atoms with Gasteiger partial charge in [0.05, 0.1) is 18.1 Å². The maximum absolute atomic E-state index is 11.6. The van der Waals surface area contributed by atoms with E-state index in [1.165, 1.54) is 6.26 Å². The summed E-state index contributed by atoms with van der Waals surface area (Å²) in [6.07, 6.45) is 5.69. The highest BCUT2D eigenvalue weighted by Gasteiger charge is 2.42. The Balaban J connectivity index is 1.63. The SMILES string of the molecule is CCCCOCCN1CCC2(CC1)C/C(=N/O)c1cc(CS(C)(=O)=O)ccc1O2. The topological polar surface area (TPSA) is 88.4 Å². The zero-order valence-corrected chi connectivity index (χ0v) is 18.2. The maximum Gasteiger partial charge on any atom is 0.151 e. The number of ether oxygens (including phenoxy) is 2. The van der Waals surface area contributed by atoms with Crippen LogP contribution in [0.3, 0.4) is 0 Å². The second kappa shape index (κ2) is 9.45. The van der Waals surface area contributed by atoms with Crippen molar-refractivity contribution in [2.75, 3.05) is 39.1 Å². The molecule has 0 unspecified atom stereocenters. The molecule has 162 valence electrons. The molecule has 0 radical (unpaired) electrons. The molecule has 1 saturated heterocycles. The number of benzene rings is 1. The molecular weight excluding hydrogens is 392 g/mol. The van der Waals surface area contributed by atoms with E-state index in [1.54, 1.807) is 18.2 Å². The summed E-state index contributed by atoms with van der Waals surface area (Å²) in [6, 6.07) is 5.34. The van der Waals surface area contributed by atoms with Gasteiger partial charge in [0, 0.05) is 57.3 Å². The summed E-state index contributed by atoms with van der Waals surface area (Å²) in [5, 5.41) is 13.1. The molecule has 1 aromatic rings. The van der Waals surface area contributed by atoms with E-state index in [2.05, 4.69) is 17.0 Å². The van der Waals surface area contributed by atoms with Gasteiger partial charge in [-0.1, -0.05) is 24.6 Å². The molecule has 29 heavy (non-hydrogen) atoms. The van der Waals surface area contributed by atoms with Gasteiger partial charge in [0.2, 0.25) is 0 Å². The van der Waals surface area contributed by atoms with Crippen molar-refractivity contribution in [3.63, 3.8) is 0 Å². The normalized spacial score (nSPS) is 20.6. The van der Waals surface area contributed by atoms with E-state index in [0.717, 1.165) is 58.5 Å². The number of likely N-dealkylation sites (tertiary alicyclic amines) is 1. The highest BCUT2D eigenvalue weighted by atomic mass is 32.2. The van der Waals surface area contributed by atoms with E-state index in [1.807, 2.05) is 0 Å². The van der Waals surface area contributed by atoms with E-state index < -0.39 is 9.84 Å². The predicted molar refractivity (Wildman–Crippen MR) is 113 cm³/mol. The van der Waals surface area contributed by atoms with Crippen LogP contribution in [-0.4, -0.2) is 68.9 Å². The van der Waals surface area contributed by atoms with Crippen molar-refractivity contribution >= 4 is 15.5 Å². The lowest BCUT2D eigenvalue weighted by Gasteiger charge is -2.44. The molecular formula is C21H32N2O5S. The van der Waals surface area contributed by atoms with Crippen LogP contribution < -0.4 is 4.74 Å². The molecule has 1 N–H and O–H groups in total. The average Bonchev–Trinajstić information content (AvgIpc) is 2.68. The Hall–Kier alpha value is -1.64. The van der Waals surface area contributed by atoms with Crippen LogP contribution >= 0.6 is 0 Å². The van der Waals surface area contributed by atoms with Crippen molar-refractivity contribution in [2.45, 2.75) is 50.4 Å². The van der Waals surface area contributed by atoms with Crippen LogP contribution in [0.5, 0.6) is 5.75 Å². The zero-order valence-electron chi connectivity index (χ0n) is 17.4. The first-order chi connectivity index (χ1) is 13.8. The van der Waals surface area contributed by atoms with E-state index >= 15 is 0 Å². The largest absolute Gasteiger partial charge is 0.486 e. The second-order valence-corrected chi connectivity index (χ2v) is 10.4. The fourth-order valence-electron chi connectivity index (χ4n) is 4.05. The third-order valence-electron chi connectivity index (χ3n) is 5.68. The maximum atomic E-state index is 11.6. The van der Waals surface area contributed by atoms with Gasteiger partial charge in [0.25, 0.3) is 0 Å². The molecule has 7 nitrogen and oxygen atoms in total. The van der Waals surface area contributed by atoms with Gasteiger partial charge in [0.1, 0.15) is 11.4 Å². The van der Waals surface area contributed by atoms with Gasteiger partial charge in [0.15, 0.2) is 9.84 Å². The Bertz CT molecular complexity index is 829. The molecule has 0 saturated carbocycles. The molecule has 0 aliphatic carbocycles. The van der Waals surface area contributed by atoms with Gasteiger partial charge in [-0.25, -0.2) is 8.42 Å². The van der Waals surface area contributed by atoms with Crippen molar-refractivity contribution in [1.82, 2.24) is 4.90 Å². The third-order valence-corrected chi connectivity index (χ3v) is 6.54. The highest BCUT2D eigenvalue weighted by Crippen LogP contribution is 2.40. The molecule has 3 rings (SSSR count). The fraction of sp³-hybridized carbons (Fsp3) is 0.667. The van der Waals surface area contributed by atoms with E-state index in [4.69, 9.17) is 9.47 Å². The first-order valence-electron chi connectivity index (χ1n) is 10.4. The number of piperidine rings is 1. The van der Waals surface area contributed by atoms with E-state index in [-0.39, 0.29) is 11.4 Å². The van der Waals surface area contributed by atoms with Crippen molar-refractivity contribution in [1.29, 1.82) is 0 Å². The van der Waals surface area contributed by atoms with Crippen LogP contribution in [0.15, 0.2) is 23.4 Å². The zero-order chi connectivity index (χ0) is 20.9. The Labute approximate surface area is 173 Å². The Kier molecular flexibility index (Phi) is 7.19. The second-order valence-electron chi connectivity index (χ2n) is 8.22. The Morgan fingerprint density at radius 3 is 2.69 bits per heavy atom. The number of hydrogen-bond donors (Lipinski definition) is 1. The van der Waals surface area contributed by atoms with Crippen LogP contribution in [0, 0.1) is 0 Å². The van der Waals surface area contributed by atoms with Gasteiger partial charge in [-0.3, -0.25) is 0 Å². The van der Waals surface area contributed by atoms with Crippen LogP contribution in [0.1, 0.15) is 50.2 Å². The molecule has 0 bridgehead atoms. The number of hydrogen-bond acceptors (Lipinski definition) is 7. The summed E-state index contributed by atoms with van der Waals surface area (Å²) in [5.74, 6) is 0.622. The number of fused-ring (bicyclic) bond motifs is 1. The molecule has 8 heteroatoms. The van der Waals surface area contributed by atoms with Crippen molar-refractivity contribution in [3.8, 4) is 5.75 Å². The van der Waals surface area contributed by atoms with Crippen LogP contribution in [-0.2, 0) is 20.3 Å². The first kappa shape index (κ1) is 22.1. The lowest BCUT2D eigenvalue weighted by atomic mass is 9.82. The van der Waals surface area contributed by atoms with Crippen LogP contribution in [0.2, 0.25) is 0 Å². The molecule has 0 amide bonds. The lowest BCUT2D eigenvalue weighted by Crippen LogP contribution is -2.51. The molecule has 0 atom stereocenters. The molecule has 2 aliphatic rings. The summed E-state index contributed by atoms with van der Waals surface area (Å²) >= 11 is 0. The van der Waals surface area contributed by atoms with E-state index in [9.17, 15) is 13.6 Å². The fourth-order valence-corrected chi connectivity index (χ4v) is 4.83. The molecule has 1 aromatic carbocycles. The minimum absolute atomic E-state index is 0.0422. The number of rotatable bonds is 8. The average molecular weight is 425 g/mol. The van der Waals surface area contributed by atoms with Gasteiger partial charge < -0.3 is 19.6 Å². The monoisotopic (exact) mass is 424 g/mol. The number of unbranched alkanes of at least 4 members (excludes halogenated alkanes) is 1. The number of oxime groups is 1. The number of sulfone groups is 1. The minimum Gasteiger partial charge on any atom is -0.486 e. The lowest BCUT2D eigenvalue weighted by molar-refractivity contribution is -0.00536. The van der Waals surface area contributed by atoms with Crippen LogP contribution in [0.4, 0.5) is 0 Å². The third kappa shape index (κ3) is 5.93. The predicted octanol–water partition coefficient (Wildman–Crippen LogP) is 2.84. The van der Waals surface area contributed by atoms with Gasteiger partial charge >= 0.3 is 0 Å². The summed E-state index contributed by atoms with van der Waals surface area (Å²) < 4.78 is 35.2. The Morgan fingerprint density at radius 1 is 1.28 bits per heavy atom. The summed E-state index contributed by atoms with van der Waals surface area (Å²) in [5.41, 5.74) is 1.56. The molecule has 0 aromatic heterocycles. The molecule has 1 fully saturated rings. The molecule has 1 spiro atoms. The van der Waals surface area contributed by atoms with Gasteiger partial charge in [-0.05, 0) is 24.1 Å². The van der Waals surface area contributed by atoms with E-state index in [0.29, 0.717) is 29.0 Å². The minimum atomic E-state index is -3.13. The Morgan fingerprint density at radius 2 is 2.03 bits per heavy atom. The molecule has 2 aliphatic heterocycles. The summed E-state index contributed by atoms with van der Waals surface area (Å²) in [7, 11) is -3.13. The molecule has 2 heterocycles.